The molecular weight excluding hydrogens is 346 g/mol. The van der Waals surface area contributed by atoms with Crippen molar-refractivity contribution in [2.75, 3.05) is 0 Å². The maximum atomic E-state index is 12.8. The van der Waals surface area contributed by atoms with E-state index in [-0.39, 0.29) is 27.0 Å². The van der Waals surface area contributed by atoms with Gasteiger partial charge in [-0.15, -0.1) is 0 Å². The zero-order valence-corrected chi connectivity index (χ0v) is 13.3. The summed E-state index contributed by atoms with van der Waals surface area (Å²) in [6, 6.07) is 10.9. The highest BCUT2D eigenvalue weighted by Gasteiger charge is 2.26. The molecule has 0 aliphatic heterocycles. The van der Waals surface area contributed by atoms with E-state index in [0.29, 0.717) is 0 Å². The van der Waals surface area contributed by atoms with Crippen LogP contribution in [0.4, 0.5) is 4.39 Å². The van der Waals surface area contributed by atoms with Crippen molar-refractivity contribution in [3.8, 4) is 0 Å². The fourth-order valence-electron chi connectivity index (χ4n) is 1.37. The van der Waals surface area contributed by atoms with Crippen LogP contribution in [0.5, 0.6) is 0 Å². The predicted octanol–water partition coefficient (Wildman–Crippen LogP) is 0.0923. The first-order valence-corrected chi connectivity index (χ1v) is 11.1. The first-order chi connectivity index (χ1) is 7.95. The average molecular weight is 361 g/mol. The van der Waals surface area contributed by atoms with Gasteiger partial charge in [-0.2, -0.15) is 0 Å². The smallest absolute Gasteiger partial charge is 0.400 e. The molecule has 0 spiro atoms. The van der Waals surface area contributed by atoms with Crippen molar-refractivity contribution in [2.24, 2.45) is 0 Å². The Kier molecular flexibility index (Phi) is 3.72. The van der Waals surface area contributed by atoms with Crippen molar-refractivity contribution in [3.63, 3.8) is 0 Å². The third-order valence-corrected chi connectivity index (χ3v) is 6.52. The quantitative estimate of drug-likeness (QED) is 0.558. The average Bonchev–Trinajstić information content (AvgIpc) is 2.69. The maximum absolute atomic E-state index is 12.8. The minimum absolute atomic E-state index is 0.181. The first kappa shape index (κ1) is 12.8. The van der Waals surface area contributed by atoms with Gasteiger partial charge in [-0.05, 0) is 30.3 Å². The van der Waals surface area contributed by atoms with Crippen LogP contribution in [-0.4, -0.2) is 8.07 Å². The van der Waals surface area contributed by atoms with Crippen LogP contribution in [0.15, 0.2) is 40.8 Å². The molecule has 0 radical (unpaired) electrons. The first-order valence-electron chi connectivity index (χ1n) is 5.46. The molecule has 17 heavy (non-hydrogen) atoms. The Labute approximate surface area is 112 Å². The van der Waals surface area contributed by atoms with E-state index in [1.165, 1.54) is 15.7 Å². The van der Waals surface area contributed by atoms with Crippen LogP contribution >= 0.6 is 0 Å². The van der Waals surface area contributed by atoms with Crippen molar-refractivity contribution in [1.29, 1.82) is 0 Å². The van der Waals surface area contributed by atoms with Gasteiger partial charge in [-0.25, -0.2) is 4.39 Å². The molecule has 1 aromatic carbocycles. The molecule has 0 bridgehead atoms. The Morgan fingerprint density at radius 2 is 1.65 bits per heavy atom. The Balaban J connectivity index is 2.14. The van der Waals surface area contributed by atoms with Gasteiger partial charge in [0, 0.05) is 6.07 Å². The lowest BCUT2D eigenvalue weighted by molar-refractivity contribution is -0.617. The SMILES string of the molecule is C[Si](C)(C)c1ccc([I+]c2ccc(F)cc2)o1. The highest BCUT2D eigenvalue weighted by Crippen LogP contribution is 2.01. The minimum atomic E-state index is -1.35. The lowest BCUT2D eigenvalue weighted by atomic mass is 10.4. The lowest BCUT2D eigenvalue weighted by Crippen LogP contribution is -3.61. The van der Waals surface area contributed by atoms with Crippen LogP contribution in [-0.2, 0) is 0 Å². The van der Waals surface area contributed by atoms with E-state index in [1.54, 1.807) is 0 Å². The molecule has 0 fully saturated rings. The maximum Gasteiger partial charge on any atom is 0.400 e. The van der Waals surface area contributed by atoms with E-state index in [0.717, 1.165) is 9.15 Å². The highest BCUT2D eigenvalue weighted by molar-refractivity contribution is 6.87. The summed E-state index contributed by atoms with van der Waals surface area (Å²) < 4.78 is 20.9. The summed E-state index contributed by atoms with van der Waals surface area (Å²) in [5.41, 5.74) is 0. The molecule has 4 heteroatoms. The topological polar surface area (TPSA) is 13.1 Å². The molecule has 0 saturated heterocycles. The van der Waals surface area contributed by atoms with Crippen LogP contribution in [0.25, 0.3) is 0 Å². The lowest BCUT2D eigenvalue weighted by Gasteiger charge is -2.09. The summed E-state index contributed by atoms with van der Waals surface area (Å²) in [7, 11) is -1.35. The fraction of sp³-hybridized carbons (Fsp3) is 0.231. The third kappa shape index (κ3) is 3.42. The van der Waals surface area contributed by atoms with E-state index in [2.05, 4.69) is 31.8 Å². The Hall–Kier alpha value is -0.623. The largest absolute Gasteiger partial charge is 0.429 e. The summed E-state index contributed by atoms with van der Waals surface area (Å²) in [6.07, 6.45) is 0. The second-order valence-electron chi connectivity index (χ2n) is 4.88. The molecule has 0 aliphatic rings. The van der Waals surface area contributed by atoms with Crippen LogP contribution in [0.3, 0.4) is 0 Å². The summed E-state index contributed by atoms with van der Waals surface area (Å²) in [4.78, 5) is 0. The van der Waals surface area contributed by atoms with Crippen molar-refractivity contribution < 1.29 is 30.0 Å². The third-order valence-electron chi connectivity index (χ3n) is 2.32. The summed E-state index contributed by atoms with van der Waals surface area (Å²) in [5.74, 6) is -0.181. The second-order valence-corrected chi connectivity index (χ2v) is 12.7. The van der Waals surface area contributed by atoms with Crippen molar-refractivity contribution in [3.05, 3.63) is 49.6 Å². The molecule has 0 saturated carbocycles. The number of furan rings is 1. The van der Waals surface area contributed by atoms with E-state index in [9.17, 15) is 4.39 Å². The Morgan fingerprint density at radius 3 is 2.18 bits per heavy atom. The normalized spacial score (nSPS) is 11.8. The fourth-order valence-corrected chi connectivity index (χ4v) is 4.62. The van der Waals surface area contributed by atoms with Gasteiger partial charge in [-0.3, -0.25) is 0 Å². The molecule has 0 unspecified atom stereocenters. The zero-order chi connectivity index (χ0) is 12.5. The summed E-state index contributed by atoms with van der Waals surface area (Å²) in [6.45, 7) is 6.81. The van der Waals surface area contributed by atoms with Crippen LogP contribution in [0, 0.1) is 13.2 Å². The van der Waals surface area contributed by atoms with Gasteiger partial charge in [0.15, 0.2) is 3.57 Å². The van der Waals surface area contributed by atoms with Crippen LogP contribution in [0.2, 0.25) is 19.6 Å². The molecule has 0 amide bonds. The van der Waals surface area contributed by atoms with Gasteiger partial charge in [-0.1, -0.05) is 19.6 Å². The Morgan fingerprint density at radius 1 is 1.00 bits per heavy atom. The molecule has 0 aliphatic carbocycles. The molecule has 1 nitrogen and oxygen atoms in total. The standard InChI is InChI=1S/C13H15FIOSi/c1-17(2,3)13-9-8-12(16-13)15-11-6-4-10(14)5-7-11/h4-9H,1-3H3/q+1. The number of hydrogen-bond acceptors (Lipinski definition) is 1. The summed E-state index contributed by atoms with van der Waals surface area (Å²) in [5, 5.41) is 1.15. The van der Waals surface area contributed by atoms with Gasteiger partial charge < -0.3 is 4.42 Å². The van der Waals surface area contributed by atoms with Crippen molar-refractivity contribution in [1.82, 2.24) is 0 Å². The number of hydrogen-bond donors (Lipinski definition) is 0. The van der Waals surface area contributed by atoms with Crippen molar-refractivity contribution >= 4 is 13.5 Å². The molecule has 1 aromatic heterocycles. The van der Waals surface area contributed by atoms with Gasteiger partial charge in [0.25, 0.3) is 0 Å². The van der Waals surface area contributed by atoms with Crippen LogP contribution < -0.4 is 26.6 Å². The van der Waals surface area contributed by atoms with E-state index in [1.807, 2.05) is 12.1 Å². The van der Waals surface area contributed by atoms with Crippen molar-refractivity contribution in [2.45, 2.75) is 19.6 Å². The number of rotatable bonds is 3. The molecule has 2 rings (SSSR count). The zero-order valence-electron chi connectivity index (χ0n) is 10.1. The van der Waals surface area contributed by atoms with Gasteiger partial charge in [0.2, 0.25) is 0 Å². The Bertz CT molecular complexity index is 499. The highest BCUT2D eigenvalue weighted by atomic mass is 127. The molecule has 0 N–H and O–H groups in total. The van der Waals surface area contributed by atoms with Crippen LogP contribution in [0.1, 0.15) is 0 Å². The number of halogens is 2. The van der Waals surface area contributed by atoms with Gasteiger partial charge in [0.05, 0.1) is 5.38 Å². The summed E-state index contributed by atoms with van der Waals surface area (Å²) >= 11 is -0.323. The molecule has 0 atom stereocenters. The molecule has 90 valence electrons. The molecule has 1 heterocycles. The minimum Gasteiger partial charge on any atom is -0.429 e. The van der Waals surface area contributed by atoms with Gasteiger partial charge in [0.1, 0.15) is 13.9 Å². The van der Waals surface area contributed by atoms with E-state index in [4.69, 9.17) is 4.42 Å². The second kappa shape index (κ2) is 4.94. The van der Waals surface area contributed by atoms with E-state index >= 15 is 0 Å². The monoisotopic (exact) mass is 361 g/mol. The van der Waals surface area contributed by atoms with Gasteiger partial charge >= 0.3 is 25.0 Å². The molecule has 2 aromatic rings. The van der Waals surface area contributed by atoms with E-state index < -0.39 is 8.07 Å². The predicted molar refractivity (Wildman–Crippen MR) is 65.5 cm³/mol. The number of benzene rings is 1. The molecular formula is C13H15FIOSi+.